The molecule has 0 saturated carbocycles. The zero-order chi connectivity index (χ0) is 20.2. The van der Waals surface area contributed by atoms with Crippen LogP contribution in [0.3, 0.4) is 0 Å². The minimum absolute atomic E-state index is 0.0644. The molecule has 146 valence electrons. The van der Waals surface area contributed by atoms with E-state index in [1.165, 1.54) is 22.5 Å². The molecule has 0 fully saturated rings. The normalized spacial score (nSPS) is 19.9. The molecule has 2 aliphatic rings. The third kappa shape index (κ3) is 2.65. The highest BCUT2D eigenvalue weighted by atomic mass is 32.2. The summed E-state index contributed by atoms with van der Waals surface area (Å²) in [6, 6.07) is 20.5. The van der Waals surface area contributed by atoms with Gasteiger partial charge in [0.15, 0.2) is 0 Å². The Morgan fingerprint density at radius 1 is 0.931 bits per heavy atom. The molecule has 0 spiro atoms. The molecule has 1 aliphatic heterocycles. The second-order valence-electron chi connectivity index (χ2n) is 7.40. The van der Waals surface area contributed by atoms with Gasteiger partial charge in [0.2, 0.25) is 0 Å². The van der Waals surface area contributed by atoms with Crippen molar-refractivity contribution < 1.29 is 13.3 Å². The van der Waals surface area contributed by atoms with Gasteiger partial charge in [-0.05, 0) is 41.7 Å². The lowest BCUT2D eigenvalue weighted by atomic mass is 9.79. The zero-order valence-corrected chi connectivity index (χ0v) is 16.2. The highest BCUT2D eigenvalue weighted by molar-refractivity contribution is 7.92. The van der Waals surface area contributed by atoms with Crippen molar-refractivity contribution in [2.45, 2.75) is 29.7 Å². The van der Waals surface area contributed by atoms with E-state index in [4.69, 9.17) is 0 Å². The van der Waals surface area contributed by atoms with Crippen LogP contribution >= 0.6 is 0 Å². The van der Waals surface area contributed by atoms with Crippen LogP contribution in [-0.4, -0.2) is 13.3 Å². The molecule has 5 rings (SSSR count). The van der Waals surface area contributed by atoms with Crippen LogP contribution in [0.15, 0.2) is 77.7 Å². The first-order valence-corrected chi connectivity index (χ1v) is 10.9. The topological polar surface area (TPSA) is 80.5 Å². The molecule has 0 amide bonds. The molecule has 1 aliphatic carbocycles. The zero-order valence-electron chi connectivity index (χ0n) is 15.4. The maximum Gasteiger partial charge on any atom is 0.270 e. The Morgan fingerprint density at radius 2 is 1.66 bits per heavy atom. The lowest BCUT2D eigenvalue weighted by Gasteiger charge is -2.34. The van der Waals surface area contributed by atoms with Gasteiger partial charge in [0.05, 0.1) is 21.5 Å². The predicted molar refractivity (Wildman–Crippen MR) is 109 cm³/mol. The number of para-hydroxylation sites is 1. The summed E-state index contributed by atoms with van der Waals surface area (Å²) in [5.74, 6) is 0.0644. The Hall–Kier alpha value is -3.19. The first kappa shape index (κ1) is 17.9. The molecule has 2 atom stereocenters. The third-order valence-corrected chi connectivity index (χ3v) is 7.68. The fourth-order valence-corrected chi connectivity index (χ4v) is 6.39. The number of hydrogen-bond acceptors (Lipinski definition) is 4. The average Bonchev–Trinajstić information content (AvgIpc) is 3.09. The molecule has 0 bridgehead atoms. The van der Waals surface area contributed by atoms with Crippen molar-refractivity contribution in [2.24, 2.45) is 0 Å². The van der Waals surface area contributed by atoms with Gasteiger partial charge in [0.25, 0.3) is 15.7 Å². The van der Waals surface area contributed by atoms with Gasteiger partial charge in [-0.3, -0.25) is 14.4 Å². The minimum atomic E-state index is -3.99. The Labute approximate surface area is 168 Å². The highest BCUT2D eigenvalue weighted by Crippen LogP contribution is 2.55. The van der Waals surface area contributed by atoms with Gasteiger partial charge in [0, 0.05) is 18.1 Å². The fourth-order valence-electron chi connectivity index (χ4n) is 4.65. The van der Waals surface area contributed by atoms with Crippen molar-refractivity contribution in [1.82, 2.24) is 0 Å². The van der Waals surface area contributed by atoms with Crippen LogP contribution in [0, 0.1) is 10.1 Å². The van der Waals surface area contributed by atoms with Crippen LogP contribution in [0.25, 0.3) is 0 Å². The van der Waals surface area contributed by atoms with Gasteiger partial charge in [-0.15, -0.1) is 0 Å². The van der Waals surface area contributed by atoms with Crippen molar-refractivity contribution in [1.29, 1.82) is 0 Å². The van der Waals surface area contributed by atoms with Gasteiger partial charge in [-0.1, -0.05) is 48.5 Å². The first-order valence-electron chi connectivity index (χ1n) is 9.44. The molecule has 3 aromatic rings. The van der Waals surface area contributed by atoms with Gasteiger partial charge >= 0.3 is 0 Å². The number of benzene rings is 3. The number of hydrogen-bond donors (Lipinski definition) is 0. The lowest BCUT2D eigenvalue weighted by Crippen LogP contribution is -2.35. The van der Waals surface area contributed by atoms with Gasteiger partial charge < -0.3 is 0 Å². The first-order chi connectivity index (χ1) is 14.0. The number of nitrogens with zero attached hydrogens (tertiary/aromatic N) is 2. The third-order valence-electron chi connectivity index (χ3n) is 5.89. The highest BCUT2D eigenvalue weighted by Gasteiger charge is 2.47. The summed E-state index contributed by atoms with van der Waals surface area (Å²) < 4.78 is 29.0. The minimum Gasteiger partial charge on any atom is -0.258 e. The molecular weight excluding hydrogens is 388 g/mol. The smallest absolute Gasteiger partial charge is 0.258 e. The quantitative estimate of drug-likeness (QED) is 0.471. The number of nitro benzene ring substituents is 1. The monoisotopic (exact) mass is 406 g/mol. The van der Waals surface area contributed by atoms with E-state index in [1.807, 2.05) is 48.5 Å². The van der Waals surface area contributed by atoms with E-state index in [1.54, 1.807) is 0 Å². The maximum atomic E-state index is 13.7. The van der Waals surface area contributed by atoms with Crippen LogP contribution < -0.4 is 4.31 Å². The van der Waals surface area contributed by atoms with E-state index in [9.17, 15) is 18.5 Å². The molecule has 1 heterocycles. The second-order valence-corrected chi connectivity index (χ2v) is 9.22. The van der Waals surface area contributed by atoms with Crippen molar-refractivity contribution in [3.63, 3.8) is 0 Å². The summed E-state index contributed by atoms with van der Waals surface area (Å²) in [5, 5.41) is 11.2. The SMILES string of the molecule is O=[N+]([O-])c1cccc(S(=O)(=O)N2c3ccccc3[C@H]3CCc4ccccc4[C@H]32)c1. The van der Waals surface area contributed by atoms with Crippen LogP contribution in [0.5, 0.6) is 0 Å². The van der Waals surface area contributed by atoms with Crippen LogP contribution in [0.2, 0.25) is 0 Å². The molecule has 0 aromatic heterocycles. The maximum absolute atomic E-state index is 13.7. The summed E-state index contributed by atoms with van der Waals surface area (Å²) in [6.07, 6.45) is 1.76. The number of non-ortho nitro benzene ring substituents is 1. The Bertz CT molecular complexity index is 1240. The van der Waals surface area contributed by atoms with Crippen molar-refractivity contribution in [3.8, 4) is 0 Å². The van der Waals surface area contributed by atoms with E-state index in [-0.39, 0.29) is 22.5 Å². The fraction of sp³-hybridized carbons (Fsp3) is 0.182. The molecule has 0 radical (unpaired) electrons. The number of rotatable bonds is 3. The summed E-state index contributed by atoms with van der Waals surface area (Å²) in [4.78, 5) is 10.6. The number of nitro groups is 1. The van der Waals surface area contributed by atoms with Gasteiger partial charge in [-0.2, -0.15) is 0 Å². The van der Waals surface area contributed by atoms with Crippen LogP contribution in [0.1, 0.15) is 35.1 Å². The molecule has 0 unspecified atom stereocenters. The molecule has 0 saturated heterocycles. The molecular formula is C22H18N2O4S. The number of sulfonamides is 1. The Morgan fingerprint density at radius 3 is 2.45 bits per heavy atom. The lowest BCUT2D eigenvalue weighted by molar-refractivity contribution is -0.385. The van der Waals surface area contributed by atoms with Crippen molar-refractivity contribution in [3.05, 3.63) is 99.6 Å². The van der Waals surface area contributed by atoms with E-state index in [0.29, 0.717) is 5.69 Å². The largest absolute Gasteiger partial charge is 0.270 e. The van der Waals surface area contributed by atoms with E-state index < -0.39 is 14.9 Å². The summed E-state index contributed by atoms with van der Waals surface area (Å²) in [6.45, 7) is 0. The number of anilines is 1. The van der Waals surface area contributed by atoms with Gasteiger partial charge in [-0.25, -0.2) is 8.42 Å². The summed E-state index contributed by atoms with van der Waals surface area (Å²) in [5.41, 5.74) is 3.60. The van der Waals surface area contributed by atoms with E-state index in [2.05, 4.69) is 0 Å². The molecule has 7 heteroatoms. The number of aryl methyl sites for hydroxylation is 1. The summed E-state index contributed by atoms with van der Waals surface area (Å²) in [7, 11) is -3.99. The molecule has 6 nitrogen and oxygen atoms in total. The Kier molecular flexibility index (Phi) is 3.96. The molecule has 0 N–H and O–H groups in total. The average molecular weight is 406 g/mol. The van der Waals surface area contributed by atoms with Crippen LogP contribution in [0.4, 0.5) is 11.4 Å². The van der Waals surface area contributed by atoms with E-state index >= 15 is 0 Å². The van der Waals surface area contributed by atoms with Crippen LogP contribution in [-0.2, 0) is 16.4 Å². The van der Waals surface area contributed by atoms with Crippen molar-refractivity contribution in [2.75, 3.05) is 4.31 Å². The molecule has 29 heavy (non-hydrogen) atoms. The Balaban J connectivity index is 1.73. The summed E-state index contributed by atoms with van der Waals surface area (Å²) >= 11 is 0. The standard InChI is InChI=1S/C22H18N2O4S/c25-24(26)16-7-5-8-17(14-16)29(27,28)23-21-11-4-3-10-19(21)20-13-12-15-6-1-2-9-18(15)22(20)23/h1-11,14,20,22H,12-13H2/t20-,22-/m1/s1. The van der Waals surface area contributed by atoms with Gasteiger partial charge in [0.1, 0.15) is 0 Å². The van der Waals surface area contributed by atoms with Crippen molar-refractivity contribution >= 4 is 21.4 Å². The second kappa shape index (κ2) is 6.42. The molecule has 3 aromatic carbocycles. The number of fused-ring (bicyclic) bond motifs is 5. The van der Waals surface area contributed by atoms with E-state index in [0.717, 1.165) is 35.6 Å². The predicted octanol–water partition coefficient (Wildman–Crippen LogP) is 4.57.